The molecule has 1 saturated carbocycles. The summed E-state index contributed by atoms with van der Waals surface area (Å²) in [4.78, 5) is 22.7. The summed E-state index contributed by atoms with van der Waals surface area (Å²) in [7, 11) is 0. The van der Waals surface area contributed by atoms with Crippen LogP contribution in [0.5, 0.6) is 0 Å². The van der Waals surface area contributed by atoms with Crippen molar-refractivity contribution >= 4 is 12.0 Å². The summed E-state index contributed by atoms with van der Waals surface area (Å²) in [6.45, 7) is 7.82. The summed E-state index contributed by atoms with van der Waals surface area (Å²) < 4.78 is 5.21. The van der Waals surface area contributed by atoms with E-state index in [9.17, 15) is 9.59 Å². The highest BCUT2D eigenvalue weighted by Crippen LogP contribution is 2.25. The number of hydrogen-bond donors (Lipinski definition) is 3. The highest BCUT2D eigenvalue weighted by Gasteiger charge is 2.29. The van der Waals surface area contributed by atoms with Crippen molar-refractivity contribution in [2.75, 3.05) is 6.54 Å². The van der Waals surface area contributed by atoms with Crippen molar-refractivity contribution in [3.63, 3.8) is 0 Å². The fourth-order valence-electron chi connectivity index (χ4n) is 2.43. The lowest BCUT2D eigenvalue weighted by Crippen LogP contribution is -2.48. The molecule has 0 spiro atoms. The normalized spacial score (nSPS) is 24.2. The Bertz CT molecular complexity index is 352. The number of primary amides is 1. The van der Waals surface area contributed by atoms with Crippen LogP contribution in [0.15, 0.2) is 0 Å². The zero-order valence-corrected chi connectivity index (χ0v) is 12.9. The van der Waals surface area contributed by atoms with Gasteiger partial charge in [-0.2, -0.15) is 0 Å². The molecule has 6 nitrogen and oxygen atoms in total. The van der Waals surface area contributed by atoms with Crippen LogP contribution >= 0.6 is 0 Å². The van der Waals surface area contributed by atoms with Crippen molar-refractivity contribution in [3.05, 3.63) is 0 Å². The predicted molar refractivity (Wildman–Crippen MR) is 77.2 cm³/mol. The molecule has 1 aliphatic rings. The van der Waals surface area contributed by atoms with Crippen LogP contribution in [0.1, 0.15) is 47.0 Å². The van der Waals surface area contributed by atoms with Crippen LogP contribution < -0.4 is 16.4 Å². The summed E-state index contributed by atoms with van der Waals surface area (Å²) >= 11 is 0. The maximum Gasteiger partial charge on any atom is 0.407 e. The molecule has 0 aromatic rings. The topological polar surface area (TPSA) is 93.4 Å². The Kier molecular flexibility index (Phi) is 5.80. The molecule has 3 unspecified atom stereocenters. The van der Waals surface area contributed by atoms with Gasteiger partial charge < -0.3 is 21.1 Å². The number of carbonyl (C=O) groups is 2. The van der Waals surface area contributed by atoms with Gasteiger partial charge in [0.1, 0.15) is 5.60 Å². The fourth-order valence-corrected chi connectivity index (χ4v) is 2.43. The van der Waals surface area contributed by atoms with Gasteiger partial charge in [-0.3, -0.25) is 4.79 Å². The van der Waals surface area contributed by atoms with Crippen LogP contribution in [0.2, 0.25) is 0 Å². The van der Waals surface area contributed by atoms with E-state index in [0.29, 0.717) is 12.5 Å². The quantitative estimate of drug-likeness (QED) is 0.706. The van der Waals surface area contributed by atoms with Gasteiger partial charge in [0.25, 0.3) is 0 Å². The number of carbonyl (C=O) groups excluding carboxylic acids is 2. The molecule has 0 heterocycles. The van der Waals surface area contributed by atoms with Gasteiger partial charge in [-0.05, 0) is 46.5 Å². The molecule has 0 radical (unpaired) electrons. The Balaban J connectivity index is 2.38. The van der Waals surface area contributed by atoms with Crippen LogP contribution in [-0.4, -0.2) is 36.2 Å². The first-order valence-corrected chi connectivity index (χ1v) is 7.21. The van der Waals surface area contributed by atoms with Gasteiger partial charge in [0.05, 0.1) is 6.04 Å². The van der Waals surface area contributed by atoms with Gasteiger partial charge in [-0.1, -0.05) is 6.42 Å². The number of ether oxygens (including phenoxy) is 1. The molecule has 2 amide bonds. The molecule has 3 atom stereocenters. The molecule has 0 aliphatic heterocycles. The van der Waals surface area contributed by atoms with Crippen molar-refractivity contribution in [1.29, 1.82) is 0 Å². The lowest BCUT2D eigenvalue weighted by molar-refractivity contribution is -0.119. The Morgan fingerprint density at radius 1 is 1.35 bits per heavy atom. The van der Waals surface area contributed by atoms with Gasteiger partial charge in [-0.25, -0.2) is 4.79 Å². The van der Waals surface area contributed by atoms with Crippen LogP contribution in [0.4, 0.5) is 4.79 Å². The second-order valence-corrected chi connectivity index (χ2v) is 6.47. The summed E-state index contributed by atoms with van der Waals surface area (Å²) in [6, 6.07) is -0.130. The van der Waals surface area contributed by atoms with E-state index in [2.05, 4.69) is 10.6 Å². The third-order valence-electron chi connectivity index (χ3n) is 3.46. The van der Waals surface area contributed by atoms with Crippen LogP contribution in [0.3, 0.4) is 0 Å². The van der Waals surface area contributed by atoms with Crippen LogP contribution in [0, 0.1) is 5.92 Å². The Morgan fingerprint density at radius 3 is 2.55 bits per heavy atom. The van der Waals surface area contributed by atoms with E-state index in [1.165, 1.54) is 0 Å². The maximum atomic E-state index is 11.6. The number of amides is 2. The SMILES string of the molecule is CC(NC1CCCC1CNC(=O)OC(C)(C)C)C(N)=O. The molecular formula is C14H27N3O3. The lowest BCUT2D eigenvalue weighted by atomic mass is 10.0. The Morgan fingerprint density at radius 2 is 2.00 bits per heavy atom. The minimum atomic E-state index is -0.488. The molecule has 0 bridgehead atoms. The first kappa shape index (κ1) is 16.8. The minimum absolute atomic E-state index is 0.215. The first-order chi connectivity index (χ1) is 9.19. The van der Waals surface area contributed by atoms with Crippen molar-refractivity contribution in [2.45, 2.75) is 64.6 Å². The average Bonchev–Trinajstić information content (AvgIpc) is 2.71. The smallest absolute Gasteiger partial charge is 0.407 e. The molecule has 20 heavy (non-hydrogen) atoms. The number of hydrogen-bond acceptors (Lipinski definition) is 4. The summed E-state index contributed by atoms with van der Waals surface area (Å²) in [5.74, 6) is -0.0416. The van der Waals surface area contributed by atoms with Gasteiger partial charge in [0, 0.05) is 12.6 Å². The van der Waals surface area contributed by atoms with Gasteiger partial charge in [0.15, 0.2) is 0 Å². The molecule has 1 fully saturated rings. The number of rotatable bonds is 5. The molecular weight excluding hydrogens is 258 g/mol. The predicted octanol–water partition coefficient (Wildman–Crippen LogP) is 1.14. The molecule has 0 saturated heterocycles. The van der Waals surface area contributed by atoms with Crippen molar-refractivity contribution in [1.82, 2.24) is 10.6 Å². The summed E-state index contributed by atoms with van der Waals surface area (Å²) in [5.41, 5.74) is 4.77. The number of alkyl carbamates (subject to hydrolysis) is 1. The van der Waals surface area contributed by atoms with Crippen LogP contribution in [-0.2, 0) is 9.53 Å². The molecule has 1 rings (SSSR count). The van der Waals surface area contributed by atoms with Crippen LogP contribution in [0.25, 0.3) is 0 Å². The second kappa shape index (κ2) is 6.92. The lowest BCUT2D eigenvalue weighted by Gasteiger charge is -2.25. The molecule has 0 aromatic carbocycles. The van der Waals surface area contributed by atoms with Gasteiger partial charge in [0.2, 0.25) is 5.91 Å². The van der Waals surface area contributed by atoms with E-state index < -0.39 is 11.7 Å². The Hall–Kier alpha value is -1.30. The monoisotopic (exact) mass is 285 g/mol. The zero-order chi connectivity index (χ0) is 15.3. The van der Waals surface area contributed by atoms with E-state index in [-0.39, 0.29) is 18.0 Å². The molecule has 1 aliphatic carbocycles. The summed E-state index contributed by atoms with van der Waals surface area (Å²) in [5, 5.41) is 6.03. The molecule has 4 N–H and O–H groups in total. The summed E-state index contributed by atoms with van der Waals surface area (Å²) in [6.07, 6.45) is 2.72. The van der Waals surface area contributed by atoms with Crippen molar-refractivity contribution in [3.8, 4) is 0 Å². The highest BCUT2D eigenvalue weighted by atomic mass is 16.6. The maximum absolute atomic E-state index is 11.6. The fraction of sp³-hybridized carbons (Fsp3) is 0.857. The molecule has 0 aromatic heterocycles. The third-order valence-corrected chi connectivity index (χ3v) is 3.46. The van der Waals surface area contributed by atoms with Gasteiger partial charge in [-0.15, -0.1) is 0 Å². The van der Waals surface area contributed by atoms with Crippen molar-refractivity contribution < 1.29 is 14.3 Å². The first-order valence-electron chi connectivity index (χ1n) is 7.21. The molecule has 6 heteroatoms. The number of nitrogens with one attached hydrogen (secondary N) is 2. The van der Waals surface area contributed by atoms with E-state index in [1.54, 1.807) is 6.92 Å². The molecule has 116 valence electrons. The van der Waals surface area contributed by atoms with E-state index in [4.69, 9.17) is 10.5 Å². The highest BCUT2D eigenvalue weighted by molar-refractivity contribution is 5.79. The largest absolute Gasteiger partial charge is 0.444 e. The Labute approximate surface area is 120 Å². The van der Waals surface area contributed by atoms with Gasteiger partial charge >= 0.3 is 6.09 Å². The second-order valence-electron chi connectivity index (χ2n) is 6.47. The minimum Gasteiger partial charge on any atom is -0.444 e. The van der Waals surface area contributed by atoms with E-state index in [1.807, 2.05) is 20.8 Å². The zero-order valence-electron chi connectivity index (χ0n) is 12.9. The van der Waals surface area contributed by atoms with E-state index in [0.717, 1.165) is 19.3 Å². The van der Waals surface area contributed by atoms with Crippen molar-refractivity contribution in [2.24, 2.45) is 11.7 Å². The third kappa shape index (κ3) is 5.77. The number of nitrogens with two attached hydrogens (primary N) is 1. The standard InChI is InChI=1S/C14H27N3O3/c1-9(12(15)18)17-11-7-5-6-10(11)8-16-13(19)20-14(2,3)4/h9-11,17H,5-8H2,1-4H3,(H2,15,18)(H,16,19). The van der Waals surface area contributed by atoms with E-state index >= 15 is 0 Å². The average molecular weight is 285 g/mol.